The molecule has 0 aliphatic rings. The van der Waals surface area contributed by atoms with Crippen molar-refractivity contribution in [2.24, 2.45) is 10.2 Å². The molecule has 0 aliphatic heterocycles. The molecule has 0 unspecified atom stereocenters. The second-order valence-electron chi connectivity index (χ2n) is 5.70. The third-order valence-electron chi connectivity index (χ3n) is 3.95. The highest BCUT2D eigenvalue weighted by molar-refractivity contribution is 6.07. The zero-order chi connectivity index (χ0) is 18.5. The Hall–Kier alpha value is -3.60. The lowest BCUT2D eigenvalue weighted by Crippen LogP contribution is -1.97. The van der Waals surface area contributed by atoms with Gasteiger partial charge in [0.05, 0.1) is 16.9 Å². The molecule has 5 heteroatoms. The van der Waals surface area contributed by atoms with Crippen LogP contribution in [0.25, 0.3) is 10.8 Å². The summed E-state index contributed by atoms with van der Waals surface area (Å²) in [5.74, 6) is -1.02. The van der Waals surface area contributed by atoms with Gasteiger partial charge >= 0.3 is 5.97 Å². The van der Waals surface area contributed by atoms with Crippen molar-refractivity contribution in [3.05, 3.63) is 84.4 Å². The van der Waals surface area contributed by atoms with Crippen molar-refractivity contribution >= 4 is 33.9 Å². The zero-order valence-electron chi connectivity index (χ0n) is 13.9. The molecule has 0 aromatic heterocycles. The minimum atomic E-state index is -0.977. The Morgan fingerprint density at radius 1 is 0.923 bits per heavy atom. The van der Waals surface area contributed by atoms with Crippen LogP contribution in [0, 0.1) is 0 Å². The number of carbonyl (C=O) groups excluding carboxylic acids is 1. The van der Waals surface area contributed by atoms with Crippen molar-refractivity contribution in [3.63, 3.8) is 0 Å². The quantitative estimate of drug-likeness (QED) is 0.490. The number of hydrogen-bond acceptors (Lipinski definition) is 4. The second kappa shape index (κ2) is 7.53. The minimum absolute atomic E-state index is 0.0376. The average Bonchev–Trinajstić information content (AvgIpc) is 2.66. The maximum atomic E-state index is 11.4. The molecule has 0 bridgehead atoms. The number of nitrogens with zero attached hydrogens (tertiary/aromatic N) is 2. The molecule has 0 saturated heterocycles. The summed E-state index contributed by atoms with van der Waals surface area (Å²) in [5.41, 5.74) is 2.35. The monoisotopic (exact) mass is 344 g/mol. The molecule has 0 amide bonds. The highest BCUT2D eigenvalue weighted by atomic mass is 16.4. The van der Waals surface area contributed by atoms with Crippen LogP contribution in [0.5, 0.6) is 0 Å². The number of carboxylic acid groups (broad SMARTS) is 1. The van der Waals surface area contributed by atoms with E-state index in [-0.39, 0.29) is 11.3 Å². The molecule has 3 aromatic carbocycles. The number of allylic oxidation sites excluding steroid dienone is 1. The Kier molecular flexibility index (Phi) is 4.99. The van der Waals surface area contributed by atoms with Crippen LogP contribution in [-0.4, -0.2) is 16.9 Å². The molecule has 0 aliphatic carbocycles. The minimum Gasteiger partial charge on any atom is -0.478 e. The zero-order valence-corrected chi connectivity index (χ0v) is 13.9. The summed E-state index contributed by atoms with van der Waals surface area (Å²) < 4.78 is 0. The summed E-state index contributed by atoms with van der Waals surface area (Å²) in [6.45, 7) is 3.46. The van der Waals surface area contributed by atoms with E-state index in [9.17, 15) is 14.7 Å². The first-order valence-electron chi connectivity index (χ1n) is 7.99. The highest BCUT2D eigenvalue weighted by Crippen LogP contribution is 2.30. The second-order valence-corrected chi connectivity index (χ2v) is 5.70. The third-order valence-corrected chi connectivity index (χ3v) is 3.95. The summed E-state index contributed by atoms with van der Waals surface area (Å²) in [6.07, 6.45) is 1.61. The van der Waals surface area contributed by atoms with Crippen molar-refractivity contribution in [1.82, 2.24) is 0 Å². The van der Waals surface area contributed by atoms with Crippen LogP contribution in [0.3, 0.4) is 0 Å². The van der Waals surface area contributed by atoms with Crippen molar-refractivity contribution in [1.29, 1.82) is 0 Å². The molecular weight excluding hydrogens is 328 g/mol. The summed E-state index contributed by atoms with van der Waals surface area (Å²) in [7, 11) is 0. The smallest absolute Gasteiger partial charge is 0.336 e. The molecule has 0 fully saturated rings. The number of carbonyl (C=O) groups is 2. The van der Waals surface area contributed by atoms with Crippen molar-refractivity contribution < 1.29 is 14.7 Å². The van der Waals surface area contributed by atoms with E-state index in [1.54, 1.807) is 30.3 Å². The number of carboxylic acids is 1. The van der Waals surface area contributed by atoms with Gasteiger partial charge in [0.15, 0.2) is 5.78 Å². The Morgan fingerprint density at radius 2 is 1.62 bits per heavy atom. The number of azo groups is 1. The van der Waals surface area contributed by atoms with Gasteiger partial charge in [-0.15, -0.1) is 5.11 Å². The van der Waals surface area contributed by atoms with Crippen molar-refractivity contribution in [2.45, 2.75) is 6.42 Å². The van der Waals surface area contributed by atoms with Gasteiger partial charge in [-0.2, -0.15) is 5.11 Å². The van der Waals surface area contributed by atoms with E-state index in [0.717, 1.165) is 10.9 Å². The van der Waals surface area contributed by atoms with E-state index in [0.29, 0.717) is 23.2 Å². The number of benzene rings is 3. The summed E-state index contributed by atoms with van der Waals surface area (Å²) >= 11 is 0. The number of hydrogen-bond donors (Lipinski definition) is 1. The van der Waals surface area contributed by atoms with Gasteiger partial charge in [0.25, 0.3) is 0 Å². The maximum absolute atomic E-state index is 11.4. The topological polar surface area (TPSA) is 79.1 Å². The van der Waals surface area contributed by atoms with Crippen LogP contribution in [0.1, 0.15) is 15.9 Å². The van der Waals surface area contributed by atoms with E-state index in [4.69, 9.17) is 0 Å². The van der Waals surface area contributed by atoms with Gasteiger partial charge in [0, 0.05) is 11.8 Å². The van der Waals surface area contributed by atoms with Gasteiger partial charge in [-0.3, -0.25) is 4.79 Å². The van der Waals surface area contributed by atoms with Gasteiger partial charge < -0.3 is 5.11 Å². The molecule has 3 aromatic rings. The Bertz CT molecular complexity index is 1020. The van der Waals surface area contributed by atoms with Crippen LogP contribution < -0.4 is 0 Å². The van der Waals surface area contributed by atoms with Crippen LogP contribution in [0.15, 0.2) is 83.5 Å². The van der Waals surface area contributed by atoms with Gasteiger partial charge in [0.2, 0.25) is 0 Å². The lowest BCUT2D eigenvalue weighted by molar-refractivity contribution is -0.114. The van der Waals surface area contributed by atoms with E-state index < -0.39 is 5.97 Å². The standard InChI is InChI=1S/C21H16N2O3/c1-2-16(24)13-14-7-9-15(10-8-14)22-23-20-12-11-19(21(25)26)17-5-3-4-6-18(17)20/h2-12H,1,13H2,(H,25,26). The summed E-state index contributed by atoms with van der Waals surface area (Å²) in [6, 6.07) is 17.6. The van der Waals surface area contributed by atoms with Crippen LogP contribution >= 0.6 is 0 Å². The van der Waals surface area contributed by atoms with E-state index in [2.05, 4.69) is 16.8 Å². The number of ketones is 1. The average molecular weight is 344 g/mol. The van der Waals surface area contributed by atoms with Gasteiger partial charge in [-0.05, 0) is 41.3 Å². The first kappa shape index (κ1) is 17.2. The largest absolute Gasteiger partial charge is 0.478 e. The normalized spacial score (nSPS) is 10.9. The van der Waals surface area contributed by atoms with Crippen molar-refractivity contribution in [3.8, 4) is 0 Å². The number of fused-ring (bicyclic) bond motifs is 1. The number of rotatable bonds is 6. The lowest BCUT2D eigenvalue weighted by Gasteiger charge is -2.05. The fourth-order valence-electron chi connectivity index (χ4n) is 2.62. The summed E-state index contributed by atoms with van der Waals surface area (Å²) in [4.78, 5) is 22.7. The predicted octanol–water partition coefficient (Wildman–Crippen LogP) is 5.25. The molecule has 0 heterocycles. The highest BCUT2D eigenvalue weighted by Gasteiger charge is 2.10. The Morgan fingerprint density at radius 3 is 2.27 bits per heavy atom. The first-order valence-corrected chi connectivity index (χ1v) is 7.99. The van der Waals surface area contributed by atoms with Gasteiger partial charge in [0.1, 0.15) is 0 Å². The molecule has 1 N–H and O–H groups in total. The molecule has 26 heavy (non-hydrogen) atoms. The molecule has 3 rings (SSSR count). The fourth-order valence-corrected chi connectivity index (χ4v) is 2.62. The summed E-state index contributed by atoms with van der Waals surface area (Å²) in [5, 5.41) is 19.1. The molecule has 0 saturated carbocycles. The molecule has 5 nitrogen and oxygen atoms in total. The molecule has 128 valence electrons. The van der Waals surface area contributed by atoms with E-state index >= 15 is 0 Å². The Labute approximate surface area is 150 Å². The molecule has 0 atom stereocenters. The Balaban J connectivity index is 1.89. The van der Waals surface area contributed by atoms with Crippen LogP contribution in [0.4, 0.5) is 11.4 Å². The SMILES string of the molecule is C=CC(=O)Cc1ccc(N=Nc2ccc(C(=O)O)c3ccccc23)cc1. The number of aromatic carboxylic acids is 1. The van der Waals surface area contributed by atoms with Crippen molar-refractivity contribution in [2.75, 3.05) is 0 Å². The fraction of sp³-hybridized carbons (Fsp3) is 0.0476. The van der Waals surface area contributed by atoms with Gasteiger partial charge in [-0.25, -0.2) is 4.79 Å². The van der Waals surface area contributed by atoms with E-state index in [1.807, 2.05) is 24.3 Å². The molecular formula is C21H16N2O3. The third kappa shape index (κ3) is 3.72. The first-order chi connectivity index (χ1) is 12.6. The maximum Gasteiger partial charge on any atom is 0.336 e. The predicted molar refractivity (Wildman–Crippen MR) is 100 cm³/mol. The van der Waals surface area contributed by atoms with Crippen LogP contribution in [-0.2, 0) is 11.2 Å². The molecule has 0 spiro atoms. The van der Waals surface area contributed by atoms with Crippen LogP contribution in [0.2, 0.25) is 0 Å². The van der Waals surface area contributed by atoms with E-state index in [1.165, 1.54) is 12.1 Å². The lowest BCUT2D eigenvalue weighted by atomic mass is 10.0. The molecule has 0 radical (unpaired) electrons. The van der Waals surface area contributed by atoms with Gasteiger partial charge in [-0.1, -0.05) is 43.0 Å².